The van der Waals surface area contributed by atoms with Gasteiger partial charge in [0.1, 0.15) is 0 Å². The van der Waals surface area contributed by atoms with Crippen molar-refractivity contribution in [3.8, 4) is 0 Å². The van der Waals surface area contributed by atoms with Crippen molar-refractivity contribution in [1.82, 2.24) is 0 Å². The van der Waals surface area contributed by atoms with E-state index in [9.17, 15) is 0 Å². The van der Waals surface area contributed by atoms with Crippen LogP contribution >= 0.6 is 15.9 Å². The van der Waals surface area contributed by atoms with E-state index in [-0.39, 0.29) is 0 Å². The topological polar surface area (TPSA) is 0 Å². The van der Waals surface area contributed by atoms with Gasteiger partial charge in [-0.1, -0.05) is 82.7 Å². The standard InChI is InChI=1S/C20H17Br/c21-20-14-18(11-16-7-3-1-4-8-16)13-19(15-20)12-17-9-5-2-6-10-17/h1-10,13-15H,11-12H2. The lowest BCUT2D eigenvalue weighted by atomic mass is 9.99. The smallest absolute Gasteiger partial charge is 0.0180 e. The molecule has 0 saturated carbocycles. The molecule has 0 atom stereocenters. The maximum Gasteiger partial charge on any atom is 0.0180 e. The van der Waals surface area contributed by atoms with Crippen LogP contribution < -0.4 is 0 Å². The average molecular weight is 337 g/mol. The molecule has 0 amide bonds. The van der Waals surface area contributed by atoms with Crippen LogP contribution in [0, 0.1) is 0 Å². The minimum absolute atomic E-state index is 0.974. The highest BCUT2D eigenvalue weighted by molar-refractivity contribution is 9.10. The summed E-state index contributed by atoms with van der Waals surface area (Å²) in [4.78, 5) is 0. The number of hydrogen-bond acceptors (Lipinski definition) is 0. The van der Waals surface area contributed by atoms with Gasteiger partial charge in [0.15, 0.2) is 0 Å². The minimum atomic E-state index is 0.974. The molecule has 0 aromatic heterocycles. The van der Waals surface area contributed by atoms with Gasteiger partial charge in [-0.25, -0.2) is 0 Å². The first kappa shape index (κ1) is 14.1. The molecule has 21 heavy (non-hydrogen) atoms. The Kier molecular flexibility index (Phi) is 4.52. The largest absolute Gasteiger partial charge is 0.0622 e. The molecule has 0 bridgehead atoms. The van der Waals surface area contributed by atoms with E-state index < -0.39 is 0 Å². The maximum absolute atomic E-state index is 3.64. The summed E-state index contributed by atoms with van der Waals surface area (Å²) in [7, 11) is 0. The zero-order valence-corrected chi connectivity index (χ0v) is 13.4. The fourth-order valence-electron chi connectivity index (χ4n) is 2.58. The van der Waals surface area contributed by atoms with Crippen LogP contribution in [0.5, 0.6) is 0 Å². The molecule has 0 saturated heterocycles. The molecule has 0 unspecified atom stereocenters. The predicted molar refractivity (Wildman–Crippen MR) is 92.6 cm³/mol. The van der Waals surface area contributed by atoms with E-state index in [0.717, 1.165) is 17.3 Å². The highest BCUT2D eigenvalue weighted by atomic mass is 79.9. The van der Waals surface area contributed by atoms with Gasteiger partial charge in [-0.05, 0) is 47.2 Å². The van der Waals surface area contributed by atoms with E-state index in [1.165, 1.54) is 22.3 Å². The first-order chi connectivity index (χ1) is 10.3. The molecule has 0 heterocycles. The van der Waals surface area contributed by atoms with E-state index in [1.807, 2.05) is 0 Å². The summed E-state index contributed by atoms with van der Waals surface area (Å²) in [6.45, 7) is 0. The van der Waals surface area contributed by atoms with Crippen molar-refractivity contribution in [1.29, 1.82) is 0 Å². The second-order valence-electron chi connectivity index (χ2n) is 5.29. The van der Waals surface area contributed by atoms with Crippen LogP contribution in [-0.4, -0.2) is 0 Å². The van der Waals surface area contributed by atoms with Gasteiger partial charge in [-0.2, -0.15) is 0 Å². The van der Waals surface area contributed by atoms with E-state index in [4.69, 9.17) is 0 Å². The molecule has 3 rings (SSSR count). The zero-order chi connectivity index (χ0) is 14.5. The first-order valence-corrected chi connectivity index (χ1v) is 7.95. The Balaban J connectivity index is 1.83. The number of halogens is 1. The monoisotopic (exact) mass is 336 g/mol. The van der Waals surface area contributed by atoms with Gasteiger partial charge < -0.3 is 0 Å². The van der Waals surface area contributed by atoms with Crippen LogP contribution in [0.25, 0.3) is 0 Å². The van der Waals surface area contributed by atoms with Crippen LogP contribution in [0.2, 0.25) is 0 Å². The molecule has 0 spiro atoms. The minimum Gasteiger partial charge on any atom is -0.0622 e. The van der Waals surface area contributed by atoms with Gasteiger partial charge >= 0.3 is 0 Å². The molecule has 1 heteroatoms. The Morgan fingerprint density at radius 3 is 1.38 bits per heavy atom. The van der Waals surface area contributed by atoms with Crippen LogP contribution in [-0.2, 0) is 12.8 Å². The normalized spacial score (nSPS) is 10.5. The molecule has 0 aliphatic heterocycles. The Labute approximate surface area is 134 Å². The molecule has 3 aromatic rings. The summed E-state index contributed by atoms with van der Waals surface area (Å²) >= 11 is 3.64. The van der Waals surface area contributed by atoms with Crippen molar-refractivity contribution in [3.63, 3.8) is 0 Å². The van der Waals surface area contributed by atoms with Crippen LogP contribution in [0.15, 0.2) is 83.3 Å². The average Bonchev–Trinajstić information content (AvgIpc) is 2.48. The van der Waals surface area contributed by atoms with Crippen molar-refractivity contribution >= 4 is 15.9 Å². The van der Waals surface area contributed by atoms with E-state index in [0.29, 0.717) is 0 Å². The molecular weight excluding hydrogens is 320 g/mol. The Bertz CT molecular complexity index is 643. The number of rotatable bonds is 4. The Morgan fingerprint density at radius 1 is 0.524 bits per heavy atom. The van der Waals surface area contributed by atoms with Crippen molar-refractivity contribution in [2.24, 2.45) is 0 Å². The third-order valence-corrected chi connectivity index (χ3v) is 3.98. The zero-order valence-electron chi connectivity index (χ0n) is 11.8. The number of benzene rings is 3. The van der Waals surface area contributed by atoms with Gasteiger partial charge in [0.25, 0.3) is 0 Å². The first-order valence-electron chi connectivity index (χ1n) is 7.16. The molecule has 0 fully saturated rings. The molecule has 0 radical (unpaired) electrons. The van der Waals surface area contributed by atoms with Gasteiger partial charge in [0.2, 0.25) is 0 Å². The second kappa shape index (κ2) is 6.73. The summed E-state index contributed by atoms with van der Waals surface area (Å²) in [5.74, 6) is 0. The summed E-state index contributed by atoms with van der Waals surface area (Å²) in [6, 6.07) is 27.9. The SMILES string of the molecule is Brc1cc(Cc2ccccc2)cc(Cc2ccccc2)c1. The maximum atomic E-state index is 3.64. The van der Waals surface area contributed by atoms with Crippen molar-refractivity contribution in [2.75, 3.05) is 0 Å². The van der Waals surface area contributed by atoms with Crippen LogP contribution in [0.4, 0.5) is 0 Å². The van der Waals surface area contributed by atoms with Crippen molar-refractivity contribution in [2.45, 2.75) is 12.8 Å². The quantitative estimate of drug-likeness (QED) is 0.579. The van der Waals surface area contributed by atoms with E-state index in [1.54, 1.807) is 0 Å². The lowest BCUT2D eigenvalue weighted by Crippen LogP contribution is -1.93. The molecule has 3 aromatic carbocycles. The number of hydrogen-bond donors (Lipinski definition) is 0. The lowest BCUT2D eigenvalue weighted by Gasteiger charge is -2.08. The van der Waals surface area contributed by atoms with Gasteiger partial charge in [-0.3, -0.25) is 0 Å². The second-order valence-corrected chi connectivity index (χ2v) is 6.21. The summed E-state index contributed by atoms with van der Waals surface area (Å²) in [5, 5.41) is 0. The molecule has 0 aliphatic rings. The highest BCUT2D eigenvalue weighted by Crippen LogP contribution is 2.20. The van der Waals surface area contributed by atoms with Gasteiger partial charge in [0.05, 0.1) is 0 Å². The summed E-state index contributed by atoms with van der Waals surface area (Å²) in [6.07, 6.45) is 1.95. The Hall–Kier alpha value is -1.86. The van der Waals surface area contributed by atoms with Gasteiger partial charge in [-0.15, -0.1) is 0 Å². The Morgan fingerprint density at radius 2 is 0.952 bits per heavy atom. The van der Waals surface area contributed by atoms with Crippen molar-refractivity contribution < 1.29 is 0 Å². The molecule has 0 nitrogen and oxygen atoms in total. The van der Waals surface area contributed by atoms with Crippen LogP contribution in [0.3, 0.4) is 0 Å². The molecule has 104 valence electrons. The third kappa shape index (κ3) is 4.05. The highest BCUT2D eigenvalue weighted by Gasteiger charge is 2.02. The molecular formula is C20H17Br. The lowest BCUT2D eigenvalue weighted by molar-refractivity contribution is 1.13. The molecule has 0 N–H and O–H groups in total. The van der Waals surface area contributed by atoms with Gasteiger partial charge in [0, 0.05) is 4.47 Å². The van der Waals surface area contributed by atoms with E-state index in [2.05, 4.69) is 94.8 Å². The summed E-state index contributed by atoms with van der Waals surface area (Å²) in [5.41, 5.74) is 5.39. The summed E-state index contributed by atoms with van der Waals surface area (Å²) < 4.78 is 1.15. The third-order valence-electron chi connectivity index (χ3n) is 3.52. The molecule has 0 aliphatic carbocycles. The van der Waals surface area contributed by atoms with E-state index >= 15 is 0 Å². The fourth-order valence-corrected chi connectivity index (χ4v) is 3.17. The fraction of sp³-hybridized carbons (Fsp3) is 0.100. The predicted octanol–water partition coefficient (Wildman–Crippen LogP) is 5.63. The van der Waals surface area contributed by atoms with Crippen molar-refractivity contribution in [3.05, 3.63) is 106 Å². The van der Waals surface area contributed by atoms with Crippen LogP contribution in [0.1, 0.15) is 22.3 Å².